The molecule has 0 radical (unpaired) electrons. The molecular weight excluding hydrogens is 220 g/mol. The predicted octanol–water partition coefficient (Wildman–Crippen LogP) is 1.68. The molecule has 0 aromatic rings. The van der Waals surface area contributed by atoms with E-state index in [0.29, 0.717) is 5.92 Å². The van der Waals surface area contributed by atoms with Gasteiger partial charge in [-0.2, -0.15) is 0 Å². The summed E-state index contributed by atoms with van der Waals surface area (Å²) in [5.74, 6) is -0.232. The Bertz CT molecular complexity index is 277. The zero-order valence-electron chi connectivity index (χ0n) is 10.6. The molecule has 0 spiro atoms. The Kier molecular flexibility index (Phi) is 5.25. The second-order valence-electron chi connectivity index (χ2n) is 4.84. The molecule has 1 fully saturated rings. The minimum absolute atomic E-state index is 0.0326. The van der Waals surface area contributed by atoms with Crippen molar-refractivity contribution in [1.82, 2.24) is 10.2 Å². The number of nitrogens with one attached hydrogen (secondary N) is 1. The van der Waals surface area contributed by atoms with Gasteiger partial charge in [-0.05, 0) is 32.1 Å². The number of aliphatic carboxylic acids is 1. The molecule has 1 aliphatic rings. The highest BCUT2D eigenvalue weighted by molar-refractivity contribution is 5.75. The summed E-state index contributed by atoms with van der Waals surface area (Å²) < 4.78 is 0. The van der Waals surface area contributed by atoms with Crippen LogP contribution in [0.15, 0.2) is 0 Å². The van der Waals surface area contributed by atoms with Crippen molar-refractivity contribution in [2.45, 2.75) is 45.6 Å². The van der Waals surface area contributed by atoms with Crippen LogP contribution in [0.3, 0.4) is 0 Å². The molecule has 1 unspecified atom stereocenters. The summed E-state index contributed by atoms with van der Waals surface area (Å²) in [5.41, 5.74) is 0. The molecule has 5 nitrogen and oxygen atoms in total. The van der Waals surface area contributed by atoms with E-state index in [4.69, 9.17) is 5.11 Å². The van der Waals surface area contributed by atoms with Gasteiger partial charge in [0.05, 0.1) is 6.42 Å². The lowest BCUT2D eigenvalue weighted by atomic mass is 10.2. The highest BCUT2D eigenvalue weighted by Crippen LogP contribution is 2.29. The maximum Gasteiger partial charge on any atom is 0.317 e. The smallest absolute Gasteiger partial charge is 0.317 e. The van der Waals surface area contributed by atoms with Gasteiger partial charge < -0.3 is 15.3 Å². The summed E-state index contributed by atoms with van der Waals surface area (Å²) in [7, 11) is 0. The van der Waals surface area contributed by atoms with Crippen LogP contribution in [0.25, 0.3) is 0 Å². The van der Waals surface area contributed by atoms with Crippen LogP contribution in [0.2, 0.25) is 0 Å². The standard InChI is InChI=1S/C12H22N2O3/c1-3-6-14(8-10-4-5-10)12(17)13-9(2)7-11(15)16/h9-10H,3-8H2,1-2H3,(H,13,17)(H,15,16). The average molecular weight is 242 g/mol. The Labute approximate surface area is 102 Å². The van der Waals surface area contributed by atoms with E-state index in [-0.39, 0.29) is 18.5 Å². The second kappa shape index (κ2) is 6.47. The zero-order valence-corrected chi connectivity index (χ0v) is 10.6. The van der Waals surface area contributed by atoms with Crippen LogP contribution in [-0.2, 0) is 4.79 Å². The molecule has 0 saturated heterocycles. The number of hydrogen-bond donors (Lipinski definition) is 2. The third-order valence-corrected chi connectivity index (χ3v) is 2.81. The molecule has 5 heteroatoms. The number of carboxylic acid groups (broad SMARTS) is 1. The Hall–Kier alpha value is -1.26. The monoisotopic (exact) mass is 242 g/mol. The van der Waals surface area contributed by atoms with Gasteiger partial charge in [0.15, 0.2) is 0 Å². The SMILES string of the molecule is CCCN(CC1CC1)C(=O)NC(C)CC(=O)O. The number of amides is 2. The fourth-order valence-corrected chi connectivity index (χ4v) is 1.77. The molecule has 2 amide bonds. The number of urea groups is 1. The number of carboxylic acids is 1. The number of carbonyl (C=O) groups excluding carboxylic acids is 1. The summed E-state index contributed by atoms with van der Waals surface area (Å²) in [6.07, 6.45) is 3.30. The second-order valence-corrected chi connectivity index (χ2v) is 4.84. The average Bonchev–Trinajstić information content (AvgIpc) is 2.99. The highest BCUT2D eigenvalue weighted by atomic mass is 16.4. The molecule has 0 aliphatic heterocycles. The van der Waals surface area contributed by atoms with E-state index in [0.717, 1.165) is 19.5 Å². The van der Waals surface area contributed by atoms with Gasteiger partial charge in [0.2, 0.25) is 0 Å². The van der Waals surface area contributed by atoms with E-state index in [9.17, 15) is 9.59 Å². The van der Waals surface area contributed by atoms with Crippen LogP contribution in [0, 0.1) is 5.92 Å². The third kappa shape index (κ3) is 5.56. The summed E-state index contributed by atoms with van der Waals surface area (Å²) >= 11 is 0. The van der Waals surface area contributed by atoms with Gasteiger partial charge in [-0.15, -0.1) is 0 Å². The number of hydrogen-bond acceptors (Lipinski definition) is 2. The summed E-state index contributed by atoms with van der Waals surface area (Å²) in [4.78, 5) is 24.2. The molecule has 0 aromatic carbocycles. The first kappa shape index (κ1) is 13.8. The molecule has 98 valence electrons. The molecule has 0 aromatic heterocycles. The zero-order chi connectivity index (χ0) is 12.8. The fraction of sp³-hybridized carbons (Fsp3) is 0.833. The first-order chi connectivity index (χ1) is 8.02. The van der Waals surface area contributed by atoms with Crippen LogP contribution in [0.4, 0.5) is 4.79 Å². The van der Waals surface area contributed by atoms with E-state index < -0.39 is 5.97 Å². The van der Waals surface area contributed by atoms with E-state index in [2.05, 4.69) is 5.32 Å². The molecule has 17 heavy (non-hydrogen) atoms. The van der Waals surface area contributed by atoms with Crippen molar-refractivity contribution < 1.29 is 14.7 Å². The minimum atomic E-state index is -0.887. The van der Waals surface area contributed by atoms with Crippen LogP contribution >= 0.6 is 0 Å². The van der Waals surface area contributed by atoms with Crippen molar-refractivity contribution in [2.24, 2.45) is 5.92 Å². The Balaban J connectivity index is 2.37. The van der Waals surface area contributed by atoms with Crippen molar-refractivity contribution in [2.75, 3.05) is 13.1 Å². The van der Waals surface area contributed by atoms with Gasteiger partial charge in [0.1, 0.15) is 0 Å². The van der Waals surface area contributed by atoms with Crippen molar-refractivity contribution >= 4 is 12.0 Å². The van der Waals surface area contributed by atoms with Crippen LogP contribution in [-0.4, -0.2) is 41.1 Å². The van der Waals surface area contributed by atoms with Crippen LogP contribution < -0.4 is 5.32 Å². The van der Waals surface area contributed by atoms with E-state index >= 15 is 0 Å². The third-order valence-electron chi connectivity index (χ3n) is 2.81. The molecular formula is C12H22N2O3. The van der Waals surface area contributed by atoms with Gasteiger partial charge >= 0.3 is 12.0 Å². The van der Waals surface area contributed by atoms with E-state index in [1.165, 1.54) is 12.8 Å². The molecule has 0 heterocycles. The van der Waals surface area contributed by atoms with Gasteiger partial charge in [-0.3, -0.25) is 4.79 Å². The maximum absolute atomic E-state index is 11.9. The first-order valence-electron chi connectivity index (χ1n) is 6.30. The topological polar surface area (TPSA) is 69.6 Å². The van der Waals surface area contributed by atoms with Gasteiger partial charge in [-0.1, -0.05) is 6.92 Å². The highest BCUT2D eigenvalue weighted by Gasteiger charge is 2.26. The fourth-order valence-electron chi connectivity index (χ4n) is 1.77. The molecule has 1 rings (SSSR count). The Morgan fingerprint density at radius 1 is 1.47 bits per heavy atom. The van der Waals surface area contributed by atoms with Gasteiger partial charge in [-0.25, -0.2) is 4.79 Å². The molecule has 0 bridgehead atoms. The minimum Gasteiger partial charge on any atom is -0.481 e. The number of carbonyl (C=O) groups is 2. The van der Waals surface area contributed by atoms with Crippen LogP contribution in [0.5, 0.6) is 0 Å². The van der Waals surface area contributed by atoms with Crippen molar-refractivity contribution in [3.05, 3.63) is 0 Å². The predicted molar refractivity (Wildman–Crippen MR) is 64.8 cm³/mol. The normalized spacial score (nSPS) is 16.4. The summed E-state index contributed by atoms with van der Waals surface area (Å²) in [5, 5.41) is 11.4. The molecule has 1 saturated carbocycles. The van der Waals surface area contributed by atoms with Gasteiger partial charge in [0.25, 0.3) is 0 Å². The lowest BCUT2D eigenvalue weighted by Gasteiger charge is -2.24. The lowest BCUT2D eigenvalue weighted by molar-refractivity contribution is -0.137. The molecule has 1 aliphatic carbocycles. The Morgan fingerprint density at radius 3 is 2.59 bits per heavy atom. The first-order valence-corrected chi connectivity index (χ1v) is 6.30. The number of rotatable bonds is 7. The van der Waals surface area contributed by atoms with Crippen molar-refractivity contribution in [3.8, 4) is 0 Å². The van der Waals surface area contributed by atoms with E-state index in [1.807, 2.05) is 6.92 Å². The van der Waals surface area contributed by atoms with Crippen molar-refractivity contribution in [3.63, 3.8) is 0 Å². The Morgan fingerprint density at radius 2 is 2.12 bits per heavy atom. The quantitative estimate of drug-likeness (QED) is 0.713. The van der Waals surface area contributed by atoms with Gasteiger partial charge in [0, 0.05) is 19.1 Å². The summed E-state index contributed by atoms with van der Waals surface area (Å²) in [6, 6.07) is -0.453. The van der Waals surface area contributed by atoms with Crippen molar-refractivity contribution in [1.29, 1.82) is 0 Å². The van der Waals surface area contributed by atoms with Crippen LogP contribution in [0.1, 0.15) is 39.5 Å². The largest absolute Gasteiger partial charge is 0.481 e. The maximum atomic E-state index is 11.9. The lowest BCUT2D eigenvalue weighted by Crippen LogP contribution is -2.45. The molecule has 1 atom stereocenters. The summed E-state index contributed by atoms with van der Waals surface area (Å²) in [6.45, 7) is 5.29. The molecule has 2 N–H and O–H groups in total. The number of nitrogens with zero attached hydrogens (tertiary/aromatic N) is 1. The van der Waals surface area contributed by atoms with E-state index in [1.54, 1.807) is 11.8 Å².